The lowest BCUT2D eigenvalue weighted by Gasteiger charge is -2.27. The number of thiophene rings is 1. The molecule has 21 heavy (non-hydrogen) atoms. The lowest BCUT2D eigenvalue weighted by Crippen LogP contribution is -2.39. The number of para-hydroxylation sites is 2. The van der Waals surface area contributed by atoms with Gasteiger partial charge in [-0.2, -0.15) is 0 Å². The average Bonchev–Trinajstić information content (AvgIpc) is 3.01. The van der Waals surface area contributed by atoms with Crippen LogP contribution in [0.15, 0.2) is 36.4 Å². The summed E-state index contributed by atoms with van der Waals surface area (Å²) in [4.78, 5) is 2.81. The third-order valence-electron chi connectivity index (χ3n) is 3.68. The number of nitrogens with one attached hydrogen (secondary N) is 1. The van der Waals surface area contributed by atoms with Crippen LogP contribution in [0, 0.1) is 0 Å². The van der Waals surface area contributed by atoms with E-state index in [1.807, 2.05) is 35.6 Å². The minimum Gasteiger partial charge on any atom is -0.486 e. The Bertz CT molecular complexity index is 596. The molecular formula is C17H21NO2S. The van der Waals surface area contributed by atoms with Gasteiger partial charge >= 0.3 is 0 Å². The van der Waals surface area contributed by atoms with Crippen molar-refractivity contribution >= 4 is 11.3 Å². The van der Waals surface area contributed by atoms with Crippen LogP contribution in [0.4, 0.5) is 0 Å². The van der Waals surface area contributed by atoms with Gasteiger partial charge in [0.15, 0.2) is 11.5 Å². The van der Waals surface area contributed by atoms with Gasteiger partial charge < -0.3 is 14.8 Å². The van der Waals surface area contributed by atoms with Gasteiger partial charge in [0.2, 0.25) is 0 Å². The molecule has 0 bridgehead atoms. The van der Waals surface area contributed by atoms with Gasteiger partial charge in [0, 0.05) is 22.3 Å². The van der Waals surface area contributed by atoms with Gasteiger partial charge in [-0.1, -0.05) is 19.1 Å². The van der Waals surface area contributed by atoms with Gasteiger partial charge in [0.25, 0.3) is 0 Å². The van der Waals surface area contributed by atoms with Crippen LogP contribution >= 0.6 is 11.3 Å². The molecule has 4 heteroatoms. The third kappa shape index (κ3) is 3.39. The number of aryl methyl sites for hydroxylation is 1. The number of ether oxygens (including phenoxy) is 2. The first kappa shape index (κ1) is 14.4. The SMILES string of the molecule is CCc1ccc(C(C)NCC2COc3ccccc3O2)s1. The molecule has 0 saturated heterocycles. The molecule has 3 nitrogen and oxygen atoms in total. The van der Waals surface area contributed by atoms with Crippen molar-refractivity contribution in [3.63, 3.8) is 0 Å². The summed E-state index contributed by atoms with van der Waals surface area (Å²) >= 11 is 1.88. The summed E-state index contributed by atoms with van der Waals surface area (Å²) in [5.74, 6) is 1.68. The number of hydrogen-bond donors (Lipinski definition) is 1. The minimum absolute atomic E-state index is 0.0629. The molecule has 1 aromatic carbocycles. The van der Waals surface area contributed by atoms with Crippen molar-refractivity contribution in [3.05, 3.63) is 46.2 Å². The average molecular weight is 303 g/mol. The smallest absolute Gasteiger partial charge is 0.161 e. The molecule has 0 radical (unpaired) electrons. The molecule has 2 heterocycles. The summed E-state index contributed by atoms with van der Waals surface area (Å²) in [6, 6.07) is 12.6. The zero-order valence-electron chi connectivity index (χ0n) is 12.5. The Morgan fingerprint density at radius 2 is 2.05 bits per heavy atom. The highest BCUT2D eigenvalue weighted by Gasteiger charge is 2.21. The van der Waals surface area contributed by atoms with Crippen molar-refractivity contribution in [3.8, 4) is 11.5 Å². The van der Waals surface area contributed by atoms with E-state index in [1.54, 1.807) is 0 Å². The molecule has 0 aliphatic carbocycles. The fourth-order valence-corrected chi connectivity index (χ4v) is 3.37. The maximum atomic E-state index is 5.96. The molecule has 0 saturated carbocycles. The molecule has 2 unspecified atom stereocenters. The molecule has 1 aliphatic heterocycles. The first-order valence-corrected chi connectivity index (χ1v) is 8.28. The van der Waals surface area contributed by atoms with Crippen molar-refractivity contribution in [2.75, 3.05) is 13.2 Å². The quantitative estimate of drug-likeness (QED) is 0.911. The van der Waals surface area contributed by atoms with Crippen LogP contribution < -0.4 is 14.8 Å². The highest BCUT2D eigenvalue weighted by atomic mass is 32.1. The number of hydrogen-bond acceptors (Lipinski definition) is 4. The summed E-state index contributed by atoms with van der Waals surface area (Å²) in [5, 5.41) is 3.54. The highest BCUT2D eigenvalue weighted by molar-refractivity contribution is 7.12. The second-order valence-corrected chi connectivity index (χ2v) is 6.49. The Morgan fingerprint density at radius 1 is 1.24 bits per heavy atom. The van der Waals surface area contributed by atoms with E-state index < -0.39 is 0 Å². The number of benzene rings is 1. The van der Waals surface area contributed by atoms with E-state index in [-0.39, 0.29) is 6.10 Å². The summed E-state index contributed by atoms with van der Waals surface area (Å²) in [5.41, 5.74) is 0. The highest BCUT2D eigenvalue weighted by Crippen LogP contribution is 2.31. The molecule has 0 fully saturated rings. The van der Waals surface area contributed by atoms with Crippen molar-refractivity contribution in [1.29, 1.82) is 0 Å². The molecule has 0 spiro atoms. The Labute approximate surface area is 129 Å². The molecule has 2 atom stereocenters. The van der Waals surface area contributed by atoms with Crippen molar-refractivity contribution in [1.82, 2.24) is 5.32 Å². The predicted octanol–water partition coefficient (Wildman–Crippen LogP) is 3.80. The standard InChI is InChI=1S/C17H21NO2S/c1-3-14-8-9-17(21-14)12(2)18-10-13-11-19-15-6-4-5-7-16(15)20-13/h4-9,12-13,18H,3,10-11H2,1-2H3. The fourth-order valence-electron chi connectivity index (χ4n) is 2.39. The van der Waals surface area contributed by atoms with Gasteiger partial charge in [0.1, 0.15) is 12.7 Å². The van der Waals surface area contributed by atoms with Crippen LogP contribution in [-0.4, -0.2) is 19.3 Å². The van der Waals surface area contributed by atoms with Crippen molar-refractivity contribution in [2.24, 2.45) is 0 Å². The van der Waals surface area contributed by atoms with E-state index in [4.69, 9.17) is 9.47 Å². The van der Waals surface area contributed by atoms with E-state index in [0.717, 1.165) is 24.5 Å². The summed E-state index contributed by atoms with van der Waals surface area (Å²) in [7, 11) is 0. The molecule has 1 aromatic heterocycles. The topological polar surface area (TPSA) is 30.5 Å². The Morgan fingerprint density at radius 3 is 2.81 bits per heavy atom. The first-order chi connectivity index (χ1) is 10.3. The largest absolute Gasteiger partial charge is 0.486 e. The van der Waals surface area contributed by atoms with Gasteiger partial charge in [0.05, 0.1) is 0 Å². The summed E-state index contributed by atoms with van der Waals surface area (Å²) in [6.07, 6.45) is 1.17. The molecule has 1 N–H and O–H groups in total. The zero-order valence-corrected chi connectivity index (χ0v) is 13.3. The monoisotopic (exact) mass is 303 g/mol. The van der Waals surface area contributed by atoms with E-state index in [2.05, 4.69) is 31.3 Å². The number of rotatable bonds is 5. The van der Waals surface area contributed by atoms with Gasteiger partial charge in [-0.3, -0.25) is 0 Å². The van der Waals surface area contributed by atoms with E-state index in [0.29, 0.717) is 12.6 Å². The molecule has 112 valence electrons. The van der Waals surface area contributed by atoms with Gasteiger partial charge in [-0.15, -0.1) is 11.3 Å². The minimum atomic E-state index is 0.0629. The Balaban J connectivity index is 1.54. The molecule has 2 aromatic rings. The second kappa shape index (κ2) is 6.50. The van der Waals surface area contributed by atoms with Crippen LogP contribution in [0.2, 0.25) is 0 Å². The lowest BCUT2D eigenvalue weighted by molar-refractivity contribution is 0.0887. The first-order valence-electron chi connectivity index (χ1n) is 7.46. The lowest BCUT2D eigenvalue weighted by atomic mass is 10.2. The van der Waals surface area contributed by atoms with Crippen molar-refractivity contribution < 1.29 is 9.47 Å². The molecule has 0 amide bonds. The Hall–Kier alpha value is -1.52. The van der Waals surface area contributed by atoms with E-state index in [1.165, 1.54) is 9.75 Å². The van der Waals surface area contributed by atoms with Gasteiger partial charge in [-0.25, -0.2) is 0 Å². The Kier molecular flexibility index (Phi) is 4.46. The van der Waals surface area contributed by atoms with Crippen LogP contribution in [0.5, 0.6) is 11.5 Å². The third-order valence-corrected chi connectivity index (χ3v) is 5.09. The van der Waals surface area contributed by atoms with Crippen molar-refractivity contribution in [2.45, 2.75) is 32.4 Å². The van der Waals surface area contributed by atoms with Crippen LogP contribution in [0.25, 0.3) is 0 Å². The number of fused-ring (bicyclic) bond motifs is 1. The fraction of sp³-hybridized carbons (Fsp3) is 0.412. The van der Waals surface area contributed by atoms with Crippen LogP contribution in [0.1, 0.15) is 29.6 Å². The molecular weight excluding hydrogens is 282 g/mol. The predicted molar refractivity (Wildman–Crippen MR) is 86.5 cm³/mol. The normalized spacial score (nSPS) is 18.5. The van der Waals surface area contributed by atoms with Gasteiger partial charge in [-0.05, 0) is 37.6 Å². The maximum absolute atomic E-state index is 5.96. The summed E-state index contributed by atoms with van der Waals surface area (Å²) in [6.45, 7) is 5.78. The van der Waals surface area contributed by atoms with E-state index >= 15 is 0 Å². The molecule has 1 aliphatic rings. The van der Waals surface area contributed by atoms with Crippen LogP contribution in [-0.2, 0) is 6.42 Å². The summed E-state index contributed by atoms with van der Waals surface area (Å²) < 4.78 is 11.7. The van der Waals surface area contributed by atoms with Crippen LogP contribution in [0.3, 0.4) is 0 Å². The van der Waals surface area contributed by atoms with E-state index in [9.17, 15) is 0 Å². The zero-order chi connectivity index (χ0) is 14.7. The molecule has 3 rings (SSSR count). The maximum Gasteiger partial charge on any atom is 0.161 e. The second-order valence-electron chi connectivity index (χ2n) is 5.29.